The van der Waals surface area contributed by atoms with Gasteiger partial charge in [-0.05, 0) is 24.3 Å². The lowest BCUT2D eigenvalue weighted by molar-refractivity contribution is -0.274. The number of aliphatic hydroxyl groups is 1. The molecule has 0 saturated carbocycles. The number of nitrogens with zero attached hydrogens (tertiary/aromatic N) is 3. The van der Waals surface area contributed by atoms with Gasteiger partial charge in [0.2, 0.25) is 18.1 Å². The Labute approximate surface area is 133 Å². The second-order valence-corrected chi connectivity index (χ2v) is 5.24. The summed E-state index contributed by atoms with van der Waals surface area (Å²) in [5.74, 6) is -0.0407. The number of β-amino-alcohol motifs (C(OH)–C–C–N with tert-alkyl or cyclic N) is 1. The Morgan fingerprint density at radius 2 is 2.04 bits per heavy atom. The van der Waals surface area contributed by atoms with Gasteiger partial charge in [-0.15, -0.1) is 13.2 Å². The molecule has 1 aromatic heterocycles. The van der Waals surface area contributed by atoms with E-state index in [1.54, 1.807) is 0 Å². The minimum absolute atomic E-state index is 0.157. The van der Waals surface area contributed by atoms with Crippen LogP contribution in [0.15, 0.2) is 28.8 Å². The maximum absolute atomic E-state index is 12.1. The van der Waals surface area contributed by atoms with E-state index in [1.807, 2.05) is 0 Å². The number of aromatic nitrogens is 2. The second-order valence-electron chi connectivity index (χ2n) is 5.24. The summed E-state index contributed by atoms with van der Waals surface area (Å²) < 4.78 is 45.3. The number of rotatable bonds is 4. The number of alkyl halides is 3. The Bertz CT molecular complexity index is 717. The quantitative estimate of drug-likeness (QED) is 0.853. The van der Waals surface area contributed by atoms with Crippen molar-refractivity contribution in [3.05, 3.63) is 30.2 Å². The molecule has 0 bridgehead atoms. The molecule has 2 atom stereocenters. The fraction of sp³-hybridized carbons (Fsp3) is 0.357. The predicted molar refractivity (Wildman–Crippen MR) is 72.6 cm³/mol. The lowest BCUT2D eigenvalue weighted by atomic mass is 10.2. The molecule has 10 heteroatoms. The van der Waals surface area contributed by atoms with Gasteiger partial charge >= 0.3 is 6.36 Å². The van der Waals surface area contributed by atoms with E-state index in [1.165, 1.54) is 17.0 Å². The van der Waals surface area contributed by atoms with Crippen LogP contribution in [0.5, 0.6) is 5.75 Å². The number of halogens is 3. The maximum Gasteiger partial charge on any atom is 0.573 e. The molecule has 3 rings (SSSR count). The van der Waals surface area contributed by atoms with Crippen LogP contribution in [0.1, 0.15) is 18.4 Å². The van der Waals surface area contributed by atoms with Gasteiger partial charge in [0.05, 0.1) is 6.10 Å². The lowest BCUT2D eigenvalue weighted by Gasteiger charge is -2.14. The van der Waals surface area contributed by atoms with Crippen LogP contribution in [-0.2, 0) is 4.79 Å². The smallest absolute Gasteiger partial charge is 0.406 e. The number of carbonyl (C=O) groups excluding carboxylic acids is 1. The van der Waals surface area contributed by atoms with Crippen LogP contribution >= 0.6 is 0 Å². The molecule has 1 aliphatic heterocycles. The van der Waals surface area contributed by atoms with E-state index in [2.05, 4.69) is 14.9 Å². The van der Waals surface area contributed by atoms with Crippen LogP contribution in [0.4, 0.5) is 13.2 Å². The van der Waals surface area contributed by atoms with Crippen LogP contribution in [0, 0.1) is 0 Å². The van der Waals surface area contributed by atoms with Crippen molar-refractivity contribution in [3.63, 3.8) is 0 Å². The molecule has 128 valence electrons. The molecule has 1 saturated heterocycles. The van der Waals surface area contributed by atoms with Crippen molar-refractivity contribution >= 4 is 6.41 Å². The maximum atomic E-state index is 12.1. The van der Waals surface area contributed by atoms with E-state index in [9.17, 15) is 23.1 Å². The van der Waals surface area contributed by atoms with Crippen molar-refractivity contribution in [1.82, 2.24) is 15.0 Å². The number of benzene rings is 1. The normalized spacial score (nSPS) is 21.1. The van der Waals surface area contributed by atoms with Gasteiger partial charge in [0.1, 0.15) is 11.8 Å². The highest BCUT2D eigenvalue weighted by Gasteiger charge is 2.35. The zero-order chi connectivity index (χ0) is 17.3. The molecule has 1 N–H and O–H groups in total. The van der Waals surface area contributed by atoms with Crippen molar-refractivity contribution in [2.24, 2.45) is 0 Å². The van der Waals surface area contributed by atoms with Crippen molar-refractivity contribution < 1.29 is 32.3 Å². The van der Waals surface area contributed by atoms with Crippen molar-refractivity contribution in [2.75, 3.05) is 6.54 Å². The summed E-state index contributed by atoms with van der Waals surface area (Å²) in [5, 5.41) is 13.4. The molecule has 7 nitrogen and oxygen atoms in total. The third-order valence-electron chi connectivity index (χ3n) is 3.53. The molecule has 1 fully saturated rings. The van der Waals surface area contributed by atoms with Gasteiger partial charge in [-0.25, -0.2) is 0 Å². The molecule has 2 aromatic rings. The Balaban J connectivity index is 1.77. The van der Waals surface area contributed by atoms with Gasteiger partial charge in [-0.3, -0.25) is 4.79 Å². The molecule has 0 radical (unpaired) electrons. The molecule has 0 unspecified atom stereocenters. The molecular weight excluding hydrogens is 331 g/mol. The summed E-state index contributed by atoms with van der Waals surface area (Å²) in [5.41, 5.74) is 0.427. The summed E-state index contributed by atoms with van der Waals surface area (Å²) in [7, 11) is 0. The third kappa shape index (κ3) is 3.48. The first-order valence-electron chi connectivity index (χ1n) is 6.94. The Kier molecular flexibility index (Phi) is 4.14. The molecular formula is C14H12F3N3O4. The number of aliphatic hydroxyl groups excluding tert-OH is 1. The minimum Gasteiger partial charge on any atom is -0.406 e. The van der Waals surface area contributed by atoms with E-state index in [0.29, 0.717) is 12.0 Å². The fourth-order valence-corrected chi connectivity index (χ4v) is 2.49. The van der Waals surface area contributed by atoms with Gasteiger partial charge in [0, 0.05) is 18.5 Å². The van der Waals surface area contributed by atoms with E-state index in [-0.39, 0.29) is 30.4 Å². The summed E-state index contributed by atoms with van der Waals surface area (Å²) in [4.78, 5) is 16.5. The first-order valence-corrected chi connectivity index (χ1v) is 6.94. The van der Waals surface area contributed by atoms with Crippen LogP contribution < -0.4 is 4.74 Å². The molecule has 0 spiro atoms. The Morgan fingerprint density at radius 1 is 1.33 bits per heavy atom. The lowest BCUT2D eigenvalue weighted by Crippen LogP contribution is -2.22. The number of hydrogen-bond acceptors (Lipinski definition) is 6. The van der Waals surface area contributed by atoms with E-state index >= 15 is 0 Å². The van der Waals surface area contributed by atoms with E-state index in [0.717, 1.165) is 12.1 Å². The number of likely N-dealkylation sites (tertiary alicyclic amines) is 1. The largest absolute Gasteiger partial charge is 0.573 e. The van der Waals surface area contributed by atoms with Crippen LogP contribution in [0.3, 0.4) is 0 Å². The van der Waals surface area contributed by atoms with Gasteiger partial charge in [0.15, 0.2) is 0 Å². The van der Waals surface area contributed by atoms with Gasteiger partial charge in [0.25, 0.3) is 0 Å². The zero-order valence-electron chi connectivity index (χ0n) is 12.1. The highest BCUT2D eigenvalue weighted by molar-refractivity contribution is 5.56. The molecule has 24 heavy (non-hydrogen) atoms. The average molecular weight is 343 g/mol. The highest BCUT2D eigenvalue weighted by Crippen LogP contribution is 2.31. The fourth-order valence-electron chi connectivity index (χ4n) is 2.49. The zero-order valence-corrected chi connectivity index (χ0v) is 12.1. The first-order chi connectivity index (χ1) is 11.4. The van der Waals surface area contributed by atoms with Gasteiger partial charge < -0.3 is 19.3 Å². The van der Waals surface area contributed by atoms with Crippen molar-refractivity contribution in [2.45, 2.75) is 24.9 Å². The van der Waals surface area contributed by atoms with Crippen molar-refractivity contribution in [3.8, 4) is 17.1 Å². The number of hydrogen-bond donors (Lipinski definition) is 1. The van der Waals surface area contributed by atoms with Crippen LogP contribution in [-0.4, -0.2) is 45.6 Å². The second kappa shape index (κ2) is 6.11. The molecule has 1 aliphatic rings. The monoisotopic (exact) mass is 343 g/mol. The van der Waals surface area contributed by atoms with E-state index in [4.69, 9.17) is 4.52 Å². The summed E-state index contributed by atoms with van der Waals surface area (Å²) >= 11 is 0. The predicted octanol–water partition coefficient (Wildman–Crippen LogP) is 1.90. The summed E-state index contributed by atoms with van der Waals surface area (Å²) in [6.07, 6.45) is -4.57. The van der Waals surface area contributed by atoms with Gasteiger partial charge in [-0.1, -0.05) is 5.16 Å². The third-order valence-corrected chi connectivity index (χ3v) is 3.53. The Hall–Kier alpha value is -2.62. The van der Waals surface area contributed by atoms with Gasteiger partial charge in [-0.2, -0.15) is 4.98 Å². The highest BCUT2D eigenvalue weighted by atomic mass is 19.4. The standard InChI is InChI=1S/C14H12F3N3O4/c15-14(16,17)23-10-3-1-8(2-4-10)12-18-13(24-19-12)11-5-9(22)6-20(11)7-21/h1-4,7,9,11,22H,5-6H2/t9-,11+/m1/s1. The van der Waals surface area contributed by atoms with Crippen LogP contribution in [0.2, 0.25) is 0 Å². The molecule has 2 heterocycles. The molecule has 0 aliphatic carbocycles. The number of carbonyl (C=O) groups is 1. The number of ether oxygens (including phenoxy) is 1. The summed E-state index contributed by atoms with van der Waals surface area (Å²) in [6.45, 7) is 0.176. The Morgan fingerprint density at radius 3 is 2.67 bits per heavy atom. The minimum atomic E-state index is -4.76. The SMILES string of the molecule is O=CN1C[C@H](O)C[C@H]1c1nc(-c2ccc(OC(F)(F)F)cc2)no1. The van der Waals surface area contributed by atoms with E-state index < -0.39 is 18.5 Å². The topological polar surface area (TPSA) is 88.7 Å². The van der Waals surface area contributed by atoms with Crippen molar-refractivity contribution in [1.29, 1.82) is 0 Å². The first kappa shape index (κ1) is 16.2. The molecule has 1 amide bonds. The number of amides is 1. The molecule has 1 aromatic carbocycles. The average Bonchev–Trinajstić information content (AvgIpc) is 3.12. The van der Waals surface area contributed by atoms with Crippen LogP contribution in [0.25, 0.3) is 11.4 Å². The summed E-state index contributed by atoms with van der Waals surface area (Å²) in [6, 6.07) is 4.46.